The highest BCUT2D eigenvalue weighted by Crippen LogP contribution is 2.48. The van der Waals surface area contributed by atoms with Crippen molar-refractivity contribution in [1.82, 2.24) is 5.32 Å². The fraction of sp³-hybridized carbons (Fsp3) is 0.600. The van der Waals surface area contributed by atoms with Gasteiger partial charge in [-0.1, -0.05) is 24.1 Å². The lowest BCUT2D eigenvalue weighted by molar-refractivity contribution is 0.270. The molecule has 17 heavy (non-hydrogen) atoms. The molecule has 0 aromatic heterocycles. The first kappa shape index (κ1) is 9.95. The molecule has 2 fully saturated rings. The third-order valence-corrected chi connectivity index (χ3v) is 4.87. The molecule has 0 bridgehead atoms. The lowest BCUT2D eigenvalue weighted by Gasteiger charge is -2.44. The number of nitrogens with zero attached hydrogens (tertiary/aromatic N) is 1. The SMILES string of the molecule is Cc1ccc2c(c1)[C@@H]1CCC[C@H]3NCCN2[C@@H]31. The Morgan fingerprint density at radius 3 is 3.18 bits per heavy atom. The molecule has 1 saturated heterocycles. The number of aryl methyl sites for hydroxylation is 1. The molecular formula is C15H20N2. The summed E-state index contributed by atoms with van der Waals surface area (Å²) in [6.45, 7) is 4.56. The number of piperazine rings is 1. The third kappa shape index (κ3) is 1.30. The van der Waals surface area contributed by atoms with Crippen LogP contribution in [0.25, 0.3) is 0 Å². The fourth-order valence-corrected chi connectivity index (χ4v) is 4.21. The Labute approximate surface area is 103 Å². The van der Waals surface area contributed by atoms with E-state index in [-0.39, 0.29) is 0 Å². The lowest BCUT2D eigenvalue weighted by Crippen LogP contribution is -2.59. The van der Waals surface area contributed by atoms with E-state index in [1.165, 1.54) is 37.1 Å². The average molecular weight is 228 g/mol. The second-order valence-electron chi connectivity index (χ2n) is 5.84. The van der Waals surface area contributed by atoms with Crippen LogP contribution in [0.5, 0.6) is 0 Å². The molecule has 1 aromatic rings. The molecule has 0 spiro atoms. The van der Waals surface area contributed by atoms with Gasteiger partial charge in [0.2, 0.25) is 0 Å². The molecule has 2 heterocycles. The molecule has 2 nitrogen and oxygen atoms in total. The average Bonchev–Trinajstić information content (AvgIpc) is 2.67. The molecule has 0 radical (unpaired) electrons. The smallest absolute Gasteiger partial charge is 0.0513 e. The molecule has 3 aliphatic rings. The van der Waals surface area contributed by atoms with E-state index < -0.39 is 0 Å². The highest BCUT2D eigenvalue weighted by molar-refractivity contribution is 5.64. The van der Waals surface area contributed by atoms with Crippen LogP contribution in [0.1, 0.15) is 36.3 Å². The summed E-state index contributed by atoms with van der Waals surface area (Å²) >= 11 is 0. The second kappa shape index (κ2) is 3.49. The Hall–Kier alpha value is -1.02. The Kier molecular flexibility index (Phi) is 2.04. The van der Waals surface area contributed by atoms with Crippen LogP contribution in [0.15, 0.2) is 18.2 Å². The number of anilines is 1. The number of rotatable bonds is 0. The monoisotopic (exact) mass is 228 g/mol. The van der Waals surface area contributed by atoms with Crippen molar-refractivity contribution in [2.24, 2.45) is 0 Å². The second-order valence-corrected chi connectivity index (χ2v) is 5.84. The van der Waals surface area contributed by atoms with Crippen LogP contribution >= 0.6 is 0 Å². The number of fused-ring (bicyclic) bond motifs is 3. The molecule has 1 aliphatic carbocycles. The summed E-state index contributed by atoms with van der Waals surface area (Å²) in [4.78, 5) is 2.68. The first-order valence-corrected chi connectivity index (χ1v) is 6.95. The summed E-state index contributed by atoms with van der Waals surface area (Å²) in [5.41, 5.74) is 4.57. The van der Waals surface area contributed by atoms with Gasteiger partial charge in [0.15, 0.2) is 0 Å². The van der Waals surface area contributed by atoms with E-state index in [9.17, 15) is 0 Å². The number of hydrogen-bond donors (Lipinski definition) is 1. The maximum Gasteiger partial charge on any atom is 0.0513 e. The largest absolute Gasteiger partial charge is 0.365 e. The van der Waals surface area contributed by atoms with Gasteiger partial charge < -0.3 is 10.2 Å². The predicted molar refractivity (Wildman–Crippen MR) is 70.7 cm³/mol. The van der Waals surface area contributed by atoms with Crippen LogP contribution in [-0.2, 0) is 0 Å². The summed E-state index contributed by atoms with van der Waals surface area (Å²) in [7, 11) is 0. The summed E-state index contributed by atoms with van der Waals surface area (Å²) in [5, 5.41) is 3.73. The Bertz CT molecular complexity index is 452. The molecule has 2 aliphatic heterocycles. The van der Waals surface area contributed by atoms with Gasteiger partial charge in [0.25, 0.3) is 0 Å². The fourth-order valence-electron chi connectivity index (χ4n) is 4.21. The highest BCUT2D eigenvalue weighted by Gasteiger charge is 2.46. The standard InChI is InChI=1S/C15H20N2/c1-10-5-6-14-12(9-10)11-3-2-4-13-15(11)17(14)8-7-16-13/h5-6,9,11,13,15-16H,2-4,7-8H2,1H3/t11-,13+,15+/m0/s1. The van der Waals surface area contributed by atoms with Gasteiger partial charge in [0.05, 0.1) is 6.04 Å². The van der Waals surface area contributed by atoms with E-state index in [0.29, 0.717) is 0 Å². The Morgan fingerprint density at radius 1 is 1.29 bits per heavy atom. The summed E-state index contributed by atoms with van der Waals surface area (Å²) in [6, 6.07) is 8.53. The maximum atomic E-state index is 3.73. The zero-order valence-corrected chi connectivity index (χ0v) is 10.4. The maximum absolute atomic E-state index is 3.73. The summed E-state index contributed by atoms with van der Waals surface area (Å²) < 4.78 is 0. The molecule has 1 aromatic carbocycles. The first-order valence-electron chi connectivity index (χ1n) is 6.95. The van der Waals surface area contributed by atoms with Crippen LogP contribution in [0.4, 0.5) is 5.69 Å². The van der Waals surface area contributed by atoms with E-state index in [4.69, 9.17) is 0 Å². The molecule has 4 rings (SSSR count). The van der Waals surface area contributed by atoms with Crippen molar-refractivity contribution < 1.29 is 0 Å². The summed E-state index contributed by atoms with van der Waals surface area (Å²) in [6.07, 6.45) is 4.14. The number of hydrogen-bond acceptors (Lipinski definition) is 2. The minimum Gasteiger partial charge on any atom is -0.365 e. The zero-order valence-electron chi connectivity index (χ0n) is 10.4. The van der Waals surface area contributed by atoms with Crippen molar-refractivity contribution in [3.05, 3.63) is 29.3 Å². The van der Waals surface area contributed by atoms with Crippen molar-refractivity contribution in [3.63, 3.8) is 0 Å². The number of benzene rings is 1. The van der Waals surface area contributed by atoms with E-state index >= 15 is 0 Å². The predicted octanol–water partition coefficient (Wildman–Crippen LogP) is 2.42. The molecular weight excluding hydrogens is 208 g/mol. The highest BCUT2D eigenvalue weighted by atomic mass is 15.3. The van der Waals surface area contributed by atoms with Gasteiger partial charge in [-0.15, -0.1) is 0 Å². The van der Waals surface area contributed by atoms with E-state index in [1.807, 2.05) is 0 Å². The molecule has 1 saturated carbocycles. The van der Waals surface area contributed by atoms with E-state index in [2.05, 4.69) is 35.3 Å². The van der Waals surface area contributed by atoms with Crippen molar-refractivity contribution >= 4 is 5.69 Å². The van der Waals surface area contributed by atoms with Gasteiger partial charge in [-0.2, -0.15) is 0 Å². The van der Waals surface area contributed by atoms with Crippen molar-refractivity contribution in [2.75, 3.05) is 18.0 Å². The molecule has 2 heteroatoms. The number of nitrogens with one attached hydrogen (secondary N) is 1. The van der Waals surface area contributed by atoms with E-state index in [1.54, 1.807) is 5.56 Å². The van der Waals surface area contributed by atoms with Crippen LogP contribution in [-0.4, -0.2) is 25.2 Å². The minimum absolute atomic E-state index is 0.732. The van der Waals surface area contributed by atoms with Gasteiger partial charge in [0, 0.05) is 30.7 Å². The van der Waals surface area contributed by atoms with Gasteiger partial charge in [-0.25, -0.2) is 0 Å². The molecule has 90 valence electrons. The molecule has 3 atom stereocenters. The third-order valence-electron chi connectivity index (χ3n) is 4.87. The Balaban J connectivity index is 1.85. The van der Waals surface area contributed by atoms with Crippen LogP contribution < -0.4 is 10.2 Å². The van der Waals surface area contributed by atoms with Crippen molar-refractivity contribution in [3.8, 4) is 0 Å². The van der Waals surface area contributed by atoms with E-state index in [0.717, 1.165) is 24.5 Å². The van der Waals surface area contributed by atoms with Crippen molar-refractivity contribution in [2.45, 2.75) is 44.2 Å². The zero-order chi connectivity index (χ0) is 11.4. The van der Waals surface area contributed by atoms with Crippen molar-refractivity contribution in [1.29, 1.82) is 0 Å². The topological polar surface area (TPSA) is 15.3 Å². The van der Waals surface area contributed by atoms with Crippen LogP contribution in [0.2, 0.25) is 0 Å². The molecule has 1 N–H and O–H groups in total. The summed E-state index contributed by atoms with van der Waals surface area (Å²) in [5.74, 6) is 0.788. The van der Waals surface area contributed by atoms with Crippen LogP contribution in [0.3, 0.4) is 0 Å². The lowest BCUT2D eigenvalue weighted by atomic mass is 9.78. The Morgan fingerprint density at radius 2 is 2.24 bits per heavy atom. The van der Waals surface area contributed by atoms with Gasteiger partial charge in [0.1, 0.15) is 0 Å². The normalized spacial score (nSPS) is 34.4. The van der Waals surface area contributed by atoms with Gasteiger partial charge in [-0.3, -0.25) is 0 Å². The van der Waals surface area contributed by atoms with Gasteiger partial charge in [-0.05, 0) is 31.4 Å². The van der Waals surface area contributed by atoms with Crippen LogP contribution in [0, 0.1) is 6.92 Å². The van der Waals surface area contributed by atoms with Gasteiger partial charge >= 0.3 is 0 Å². The molecule has 0 amide bonds. The molecule has 0 unspecified atom stereocenters. The first-order chi connectivity index (χ1) is 8.34. The quantitative estimate of drug-likeness (QED) is 0.733. The minimum atomic E-state index is 0.732.